The first-order chi connectivity index (χ1) is 12.8. The molecule has 0 aliphatic rings. The third-order valence-electron chi connectivity index (χ3n) is 5.02. The third kappa shape index (κ3) is 2.33. The molecule has 4 aromatic carbocycles. The van der Waals surface area contributed by atoms with Crippen LogP contribution in [0.5, 0.6) is 0 Å². The fourth-order valence-electron chi connectivity index (χ4n) is 3.67. The Kier molecular flexibility index (Phi) is 3.39. The predicted molar refractivity (Wildman–Crippen MR) is 110 cm³/mol. The fraction of sp³-hybridized carbons (Fsp3) is 0. The van der Waals surface area contributed by atoms with Gasteiger partial charge in [0, 0.05) is 21.8 Å². The van der Waals surface area contributed by atoms with Crippen LogP contribution in [0, 0.1) is 7.05 Å². The van der Waals surface area contributed by atoms with Crippen molar-refractivity contribution < 1.29 is 0 Å². The second kappa shape index (κ2) is 5.89. The standard InChI is InChI=1S/C25H17N/c1-26-24-14-12-20(18-8-4-2-5-9-18)16-22(24)23-17-21(13-15-25(23)26)19-10-6-3-7-11-19/h1-17H. The van der Waals surface area contributed by atoms with Crippen LogP contribution in [0.25, 0.3) is 44.1 Å². The van der Waals surface area contributed by atoms with Gasteiger partial charge in [0.1, 0.15) is 0 Å². The Hall–Kier alpha value is -3.32. The van der Waals surface area contributed by atoms with Gasteiger partial charge in [0.25, 0.3) is 0 Å². The van der Waals surface area contributed by atoms with Gasteiger partial charge in [-0.1, -0.05) is 72.8 Å². The number of benzene rings is 4. The summed E-state index contributed by atoms with van der Waals surface area (Å²) in [6.07, 6.45) is 0. The molecule has 0 amide bonds. The molecule has 0 fully saturated rings. The summed E-state index contributed by atoms with van der Waals surface area (Å²) >= 11 is 0. The summed E-state index contributed by atoms with van der Waals surface area (Å²) in [7, 11) is 6.37. The molecule has 0 atom stereocenters. The molecule has 0 saturated heterocycles. The topological polar surface area (TPSA) is 4.93 Å². The molecule has 26 heavy (non-hydrogen) atoms. The van der Waals surface area contributed by atoms with E-state index >= 15 is 0 Å². The zero-order chi connectivity index (χ0) is 17.5. The number of fused-ring (bicyclic) bond motifs is 3. The summed E-state index contributed by atoms with van der Waals surface area (Å²) in [6.45, 7) is 0. The molecule has 0 saturated carbocycles. The fourth-order valence-corrected chi connectivity index (χ4v) is 3.67. The first kappa shape index (κ1) is 15.0. The first-order valence-electron chi connectivity index (χ1n) is 8.75. The molecule has 0 N–H and O–H groups in total. The molecule has 0 aliphatic heterocycles. The van der Waals surface area contributed by atoms with Gasteiger partial charge in [0.2, 0.25) is 0 Å². The molecule has 1 nitrogen and oxygen atoms in total. The van der Waals surface area contributed by atoms with Crippen LogP contribution >= 0.6 is 0 Å². The minimum atomic E-state index is 1.05. The minimum Gasteiger partial charge on any atom is -0.333 e. The van der Waals surface area contributed by atoms with Crippen molar-refractivity contribution in [3.8, 4) is 22.3 Å². The van der Waals surface area contributed by atoms with Gasteiger partial charge in [-0.25, -0.2) is 0 Å². The van der Waals surface area contributed by atoms with Gasteiger partial charge < -0.3 is 4.57 Å². The van der Waals surface area contributed by atoms with Crippen molar-refractivity contribution >= 4 is 21.8 Å². The Morgan fingerprint density at radius 1 is 0.462 bits per heavy atom. The maximum atomic E-state index is 6.37. The van der Waals surface area contributed by atoms with E-state index in [-0.39, 0.29) is 0 Å². The van der Waals surface area contributed by atoms with Crippen LogP contribution < -0.4 is 0 Å². The van der Waals surface area contributed by atoms with Crippen LogP contribution in [0.2, 0.25) is 0 Å². The average molecular weight is 331 g/mol. The van der Waals surface area contributed by atoms with Crippen molar-refractivity contribution in [1.29, 1.82) is 0 Å². The molecular formula is C25H17N. The van der Waals surface area contributed by atoms with E-state index in [4.69, 9.17) is 7.05 Å². The van der Waals surface area contributed by atoms with Gasteiger partial charge in [0.15, 0.2) is 0 Å². The Labute approximate surface area is 153 Å². The smallest absolute Gasteiger partial charge is 0.0799 e. The van der Waals surface area contributed by atoms with E-state index in [1.54, 1.807) is 4.57 Å². The van der Waals surface area contributed by atoms with E-state index in [0.717, 1.165) is 11.0 Å². The molecule has 5 rings (SSSR count). The molecule has 1 aromatic heterocycles. The third-order valence-corrected chi connectivity index (χ3v) is 5.02. The van der Waals surface area contributed by atoms with Gasteiger partial charge in [-0.05, 0) is 46.5 Å². The van der Waals surface area contributed by atoms with Crippen molar-refractivity contribution in [3.05, 3.63) is 104 Å². The molecule has 0 spiro atoms. The maximum absolute atomic E-state index is 6.37. The van der Waals surface area contributed by atoms with E-state index in [9.17, 15) is 0 Å². The largest absolute Gasteiger partial charge is 0.333 e. The van der Waals surface area contributed by atoms with E-state index in [2.05, 4.69) is 84.9 Å². The van der Waals surface area contributed by atoms with Crippen LogP contribution in [-0.2, 0) is 0 Å². The van der Waals surface area contributed by atoms with Crippen LogP contribution in [0.1, 0.15) is 0 Å². The van der Waals surface area contributed by atoms with Crippen LogP contribution in [0.3, 0.4) is 0 Å². The van der Waals surface area contributed by atoms with Crippen molar-refractivity contribution in [2.75, 3.05) is 0 Å². The number of hydrogen-bond acceptors (Lipinski definition) is 0. The lowest BCUT2D eigenvalue weighted by atomic mass is 10.0. The molecule has 1 heterocycles. The van der Waals surface area contributed by atoms with Gasteiger partial charge in [-0.3, -0.25) is 0 Å². The number of rotatable bonds is 2. The molecule has 0 bridgehead atoms. The summed E-state index contributed by atoms with van der Waals surface area (Å²) in [6, 6.07) is 33.9. The highest BCUT2D eigenvalue weighted by atomic mass is 14.9. The summed E-state index contributed by atoms with van der Waals surface area (Å²) in [5, 5.41) is 2.36. The highest BCUT2D eigenvalue weighted by Crippen LogP contribution is 2.34. The Morgan fingerprint density at radius 2 is 0.885 bits per heavy atom. The normalized spacial score (nSPS) is 11.3. The van der Waals surface area contributed by atoms with Gasteiger partial charge >= 0.3 is 0 Å². The molecule has 0 aliphatic carbocycles. The number of hydrogen-bond donors (Lipinski definition) is 0. The lowest BCUT2D eigenvalue weighted by Gasteiger charge is -2.03. The van der Waals surface area contributed by atoms with Crippen LogP contribution in [-0.4, -0.2) is 4.57 Å². The Morgan fingerprint density at radius 3 is 1.31 bits per heavy atom. The summed E-state index contributed by atoms with van der Waals surface area (Å²) < 4.78 is 1.79. The lowest BCUT2D eigenvalue weighted by Crippen LogP contribution is -1.84. The molecule has 0 unspecified atom stereocenters. The quantitative estimate of drug-likeness (QED) is 0.341. The van der Waals surface area contributed by atoms with Gasteiger partial charge in [-0.15, -0.1) is 0 Å². The molecule has 5 aromatic rings. The van der Waals surface area contributed by atoms with Crippen molar-refractivity contribution in [2.24, 2.45) is 0 Å². The molecule has 1 heteroatoms. The highest BCUT2D eigenvalue weighted by Gasteiger charge is 2.11. The highest BCUT2D eigenvalue weighted by molar-refractivity contribution is 6.10. The Bertz CT molecular complexity index is 1120. The van der Waals surface area contributed by atoms with E-state index < -0.39 is 0 Å². The Balaban J connectivity index is 1.78. The van der Waals surface area contributed by atoms with Crippen molar-refractivity contribution in [2.45, 2.75) is 0 Å². The zero-order valence-electron chi connectivity index (χ0n) is 14.3. The SMILES string of the molecule is [CH]n1c2ccc(-c3ccccc3)cc2c2cc(-c3ccccc3)ccc21. The minimum absolute atomic E-state index is 1.05. The van der Waals surface area contributed by atoms with Gasteiger partial charge in [0.05, 0.1) is 7.05 Å². The van der Waals surface area contributed by atoms with Crippen molar-refractivity contribution in [3.63, 3.8) is 0 Å². The van der Waals surface area contributed by atoms with Crippen LogP contribution in [0.15, 0.2) is 97.1 Å². The number of nitrogens with zero attached hydrogens (tertiary/aromatic N) is 1. The predicted octanol–water partition coefficient (Wildman–Crippen LogP) is 6.65. The average Bonchev–Trinajstić information content (AvgIpc) is 3.01. The van der Waals surface area contributed by atoms with E-state index in [0.29, 0.717) is 0 Å². The summed E-state index contributed by atoms with van der Waals surface area (Å²) in [4.78, 5) is 0. The molecule has 122 valence electrons. The van der Waals surface area contributed by atoms with Crippen molar-refractivity contribution in [1.82, 2.24) is 4.57 Å². The summed E-state index contributed by atoms with van der Waals surface area (Å²) in [5.41, 5.74) is 6.93. The molecule has 2 radical (unpaired) electrons. The summed E-state index contributed by atoms with van der Waals surface area (Å²) in [5.74, 6) is 0. The first-order valence-corrected chi connectivity index (χ1v) is 8.75. The van der Waals surface area contributed by atoms with E-state index in [1.807, 2.05) is 12.1 Å². The maximum Gasteiger partial charge on any atom is 0.0799 e. The van der Waals surface area contributed by atoms with Gasteiger partial charge in [-0.2, -0.15) is 0 Å². The second-order valence-electron chi connectivity index (χ2n) is 6.57. The monoisotopic (exact) mass is 331 g/mol. The van der Waals surface area contributed by atoms with E-state index in [1.165, 1.54) is 33.0 Å². The second-order valence-corrected chi connectivity index (χ2v) is 6.57. The number of aromatic nitrogens is 1. The van der Waals surface area contributed by atoms with Crippen LogP contribution in [0.4, 0.5) is 0 Å². The zero-order valence-corrected chi connectivity index (χ0v) is 14.3. The molecular weight excluding hydrogens is 314 g/mol. The lowest BCUT2D eigenvalue weighted by molar-refractivity contribution is 1.20.